The molecule has 3 aromatic carbocycles. The Morgan fingerprint density at radius 3 is 2.18 bits per heavy atom. The summed E-state index contributed by atoms with van der Waals surface area (Å²) >= 11 is 5.90. The van der Waals surface area contributed by atoms with Crippen LogP contribution in [-0.4, -0.2) is 26.8 Å². The number of hydrogen-bond acceptors (Lipinski definition) is 4. The van der Waals surface area contributed by atoms with Crippen LogP contribution in [0.4, 0.5) is 17.1 Å². The minimum absolute atomic E-state index is 0.162. The van der Waals surface area contributed by atoms with Crippen LogP contribution >= 0.6 is 11.6 Å². The minimum atomic E-state index is -3.72. The molecule has 7 nitrogen and oxygen atoms in total. The summed E-state index contributed by atoms with van der Waals surface area (Å²) < 4.78 is 27.6. The molecule has 33 heavy (non-hydrogen) atoms. The molecule has 2 N–H and O–H groups in total. The molecular weight excluding hydrogens is 462 g/mol. The maximum absolute atomic E-state index is 12.7. The van der Waals surface area contributed by atoms with E-state index in [1.807, 2.05) is 6.92 Å². The number of benzene rings is 3. The fourth-order valence-corrected chi connectivity index (χ4v) is 4.77. The van der Waals surface area contributed by atoms with Crippen LogP contribution in [-0.2, 0) is 19.6 Å². The number of aryl methyl sites for hydroxylation is 1. The lowest BCUT2D eigenvalue weighted by Crippen LogP contribution is -2.33. The Bertz CT molecular complexity index is 1270. The van der Waals surface area contributed by atoms with Gasteiger partial charge in [-0.3, -0.25) is 14.3 Å². The van der Waals surface area contributed by atoms with Crippen molar-refractivity contribution in [1.29, 1.82) is 0 Å². The zero-order chi connectivity index (χ0) is 23.6. The first-order valence-corrected chi connectivity index (χ1v) is 12.2. The van der Waals surface area contributed by atoms with Gasteiger partial charge < -0.3 is 10.2 Å². The monoisotopic (exact) mass is 483 g/mol. The SMILES string of the molecule is Cc1ccc(S(=O)(=O)Nc2ccc(NC(=O)C3CCN(c4ccc(Cl)cc4)C3=O)cc2)cc1. The predicted molar refractivity (Wildman–Crippen MR) is 129 cm³/mol. The van der Waals surface area contributed by atoms with Gasteiger partial charge in [0.05, 0.1) is 4.90 Å². The molecule has 0 aromatic heterocycles. The molecule has 1 atom stereocenters. The maximum Gasteiger partial charge on any atom is 0.261 e. The van der Waals surface area contributed by atoms with Gasteiger partial charge in [-0.05, 0) is 74.0 Å². The molecule has 3 aromatic rings. The zero-order valence-corrected chi connectivity index (χ0v) is 19.4. The smallest absolute Gasteiger partial charge is 0.261 e. The second-order valence-corrected chi connectivity index (χ2v) is 9.91. The first kappa shape index (κ1) is 22.8. The van der Waals surface area contributed by atoms with Crippen molar-refractivity contribution in [3.8, 4) is 0 Å². The molecule has 4 rings (SSSR count). The number of hydrogen-bond donors (Lipinski definition) is 2. The van der Waals surface area contributed by atoms with Crippen LogP contribution in [0, 0.1) is 12.8 Å². The number of sulfonamides is 1. The van der Waals surface area contributed by atoms with Crippen molar-refractivity contribution in [2.24, 2.45) is 5.92 Å². The van der Waals surface area contributed by atoms with E-state index in [4.69, 9.17) is 11.6 Å². The van der Waals surface area contributed by atoms with E-state index in [9.17, 15) is 18.0 Å². The molecule has 9 heteroatoms. The van der Waals surface area contributed by atoms with Crippen molar-refractivity contribution < 1.29 is 18.0 Å². The molecule has 1 unspecified atom stereocenters. The number of nitrogens with one attached hydrogen (secondary N) is 2. The lowest BCUT2D eigenvalue weighted by Gasteiger charge is -2.17. The Balaban J connectivity index is 1.39. The molecule has 0 aliphatic carbocycles. The summed E-state index contributed by atoms with van der Waals surface area (Å²) in [6, 6.07) is 19.7. The third kappa shape index (κ3) is 5.18. The Hall–Kier alpha value is -3.36. The van der Waals surface area contributed by atoms with Gasteiger partial charge in [-0.15, -0.1) is 0 Å². The summed E-state index contributed by atoms with van der Waals surface area (Å²) in [7, 11) is -3.72. The average molecular weight is 484 g/mol. The van der Waals surface area contributed by atoms with Crippen LogP contribution in [0.2, 0.25) is 5.02 Å². The Kier molecular flexibility index (Phi) is 6.40. The van der Waals surface area contributed by atoms with Crippen molar-refractivity contribution in [3.63, 3.8) is 0 Å². The number of carbonyl (C=O) groups is 2. The summed E-state index contributed by atoms with van der Waals surface area (Å²) in [6.07, 6.45) is 0.404. The molecule has 1 aliphatic heterocycles. The highest BCUT2D eigenvalue weighted by Gasteiger charge is 2.37. The fraction of sp³-hybridized carbons (Fsp3) is 0.167. The van der Waals surface area contributed by atoms with Crippen LogP contribution in [0.25, 0.3) is 0 Å². The van der Waals surface area contributed by atoms with Gasteiger partial charge in [-0.25, -0.2) is 8.42 Å². The van der Waals surface area contributed by atoms with Gasteiger partial charge in [0.15, 0.2) is 0 Å². The highest BCUT2D eigenvalue weighted by atomic mass is 35.5. The molecule has 0 saturated carbocycles. The normalized spacial score (nSPS) is 16.0. The summed E-state index contributed by atoms with van der Waals surface area (Å²) in [5, 5.41) is 3.31. The average Bonchev–Trinajstić information content (AvgIpc) is 3.17. The summed E-state index contributed by atoms with van der Waals surface area (Å²) in [4.78, 5) is 27.2. The highest BCUT2D eigenvalue weighted by Crippen LogP contribution is 2.27. The molecule has 1 aliphatic rings. The first-order chi connectivity index (χ1) is 15.7. The van der Waals surface area contributed by atoms with Crippen LogP contribution in [0.1, 0.15) is 12.0 Å². The van der Waals surface area contributed by atoms with Gasteiger partial charge in [0.25, 0.3) is 10.0 Å². The quantitative estimate of drug-likeness (QED) is 0.506. The number of anilines is 3. The number of halogens is 1. The first-order valence-electron chi connectivity index (χ1n) is 10.3. The van der Waals surface area contributed by atoms with E-state index >= 15 is 0 Å². The van der Waals surface area contributed by atoms with Gasteiger partial charge in [-0.2, -0.15) is 0 Å². The maximum atomic E-state index is 12.7. The Morgan fingerprint density at radius 2 is 1.55 bits per heavy atom. The molecule has 0 radical (unpaired) electrons. The van der Waals surface area contributed by atoms with E-state index in [2.05, 4.69) is 10.0 Å². The largest absolute Gasteiger partial charge is 0.325 e. The van der Waals surface area contributed by atoms with Gasteiger partial charge in [-0.1, -0.05) is 29.3 Å². The van der Waals surface area contributed by atoms with Gasteiger partial charge in [0.2, 0.25) is 11.8 Å². The Labute approximate surface area is 197 Å². The van der Waals surface area contributed by atoms with Gasteiger partial charge in [0, 0.05) is 28.6 Å². The van der Waals surface area contributed by atoms with E-state index in [1.54, 1.807) is 65.6 Å². The van der Waals surface area contributed by atoms with Crippen molar-refractivity contribution in [1.82, 2.24) is 0 Å². The third-order valence-corrected chi connectivity index (χ3v) is 7.05. The third-order valence-electron chi connectivity index (χ3n) is 5.40. The van der Waals surface area contributed by atoms with Crippen LogP contribution in [0.3, 0.4) is 0 Å². The van der Waals surface area contributed by atoms with E-state index in [0.717, 1.165) is 5.56 Å². The second kappa shape index (κ2) is 9.25. The molecule has 1 fully saturated rings. The molecule has 2 amide bonds. The zero-order valence-electron chi connectivity index (χ0n) is 17.8. The summed E-state index contributed by atoms with van der Waals surface area (Å²) in [5.41, 5.74) is 2.49. The van der Waals surface area contributed by atoms with E-state index in [-0.39, 0.29) is 10.8 Å². The fourth-order valence-electron chi connectivity index (χ4n) is 3.58. The van der Waals surface area contributed by atoms with Crippen molar-refractivity contribution in [2.75, 3.05) is 21.5 Å². The van der Waals surface area contributed by atoms with Gasteiger partial charge >= 0.3 is 0 Å². The van der Waals surface area contributed by atoms with Crippen molar-refractivity contribution >= 4 is 50.5 Å². The standard InChI is InChI=1S/C24H22ClN3O4S/c1-16-2-12-21(13-3-16)33(31,32)27-19-8-6-18(7-9-19)26-23(29)22-14-15-28(24(22)30)20-10-4-17(25)5-11-20/h2-13,22,27H,14-15H2,1H3,(H,26,29). The summed E-state index contributed by atoms with van der Waals surface area (Å²) in [6.45, 7) is 2.32. The molecule has 0 bridgehead atoms. The highest BCUT2D eigenvalue weighted by molar-refractivity contribution is 7.92. The van der Waals surface area contributed by atoms with Gasteiger partial charge in [0.1, 0.15) is 5.92 Å². The van der Waals surface area contributed by atoms with Crippen LogP contribution in [0.5, 0.6) is 0 Å². The lowest BCUT2D eigenvalue weighted by molar-refractivity contribution is -0.129. The predicted octanol–water partition coefficient (Wildman–Crippen LogP) is 4.44. The van der Waals surface area contributed by atoms with Crippen molar-refractivity contribution in [3.05, 3.63) is 83.4 Å². The second-order valence-electron chi connectivity index (χ2n) is 7.79. The van der Waals surface area contributed by atoms with Crippen LogP contribution < -0.4 is 14.9 Å². The topological polar surface area (TPSA) is 95.6 Å². The summed E-state index contributed by atoms with van der Waals surface area (Å²) in [5.74, 6) is -1.46. The van der Waals surface area contributed by atoms with E-state index in [1.165, 1.54) is 12.1 Å². The lowest BCUT2D eigenvalue weighted by atomic mass is 10.1. The Morgan fingerprint density at radius 1 is 0.939 bits per heavy atom. The van der Waals surface area contributed by atoms with E-state index in [0.29, 0.717) is 35.1 Å². The van der Waals surface area contributed by atoms with Crippen LogP contribution in [0.15, 0.2) is 77.7 Å². The molecule has 0 spiro atoms. The number of rotatable bonds is 6. The number of carbonyl (C=O) groups excluding carboxylic acids is 2. The number of amides is 2. The minimum Gasteiger partial charge on any atom is -0.325 e. The molecule has 1 heterocycles. The molecular formula is C24H22ClN3O4S. The van der Waals surface area contributed by atoms with Crippen molar-refractivity contribution in [2.45, 2.75) is 18.2 Å². The number of nitrogens with zero attached hydrogens (tertiary/aromatic N) is 1. The van der Waals surface area contributed by atoms with E-state index < -0.39 is 21.8 Å². The molecule has 170 valence electrons. The molecule has 1 saturated heterocycles.